The van der Waals surface area contributed by atoms with Crippen molar-refractivity contribution in [3.63, 3.8) is 0 Å². The highest BCUT2D eigenvalue weighted by atomic mass is 15.2. The fourth-order valence-electron chi connectivity index (χ4n) is 3.23. The van der Waals surface area contributed by atoms with Gasteiger partial charge in [0, 0.05) is 24.7 Å². The minimum absolute atomic E-state index is 0.174. The molecule has 0 saturated heterocycles. The third kappa shape index (κ3) is 2.19. The number of rotatable bonds is 4. The van der Waals surface area contributed by atoms with E-state index in [2.05, 4.69) is 41.6 Å². The van der Waals surface area contributed by atoms with E-state index in [-0.39, 0.29) is 11.5 Å². The van der Waals surface area contributed by atoms with Crippen molar-refractivity contribution in [2.75, 3.05) is 0 Å². The molecule has 1 fully saturated rings. The second kappa shape index (κ2) is 4.82. The molecule has 0 bridgehead atoms. The Morgan fingerprint density at radius 1 is 1.32 bits per heavy atom. The van der Waals surface area contributed by atoms with Crippen molar-refractivity contribution in [1.29, 1.82) is 0 Å². The first-order chi connectivity index (χ1) is 9.21. The van der Waals surface area contributed by atoms with Crippen molar-refractivity contribution in [2.45, 2.75) is 37.1 Å². The lowest BCUT2D eigenvalue weighted by Gasteiger charge is -2.47. The summed E-state index contributed by atoms with van der Waals surface area (Å²) in [5.74, 6) is 0. The van der Waals surface area contributed by atoms with Gasteiger partial charge in [-0.3, -0.25) is 4.68 Å². The van der Waals surface area contributed by atoms with Gasteiger partial charge in [-0.2, -0.15) is 5.10 Å². The van der Waals surface area contributed by atoms with Crippen molar-refractivity contribution in [3.8, 4) is 0 Å². The van der Waals surface area contributed by atoms with Crippen molar-refractivity contribution in [1.82, 2.24) is 9.78 Å². The molecule has 1 aliphatic rings. The van der Waals surface area contributed by atoms with Gasteiger partial charge in [0.2, 0.25) is 0 Å². The molecule has 3 heteroatoms. The Labute approximate surface area is 114 Å². The number of aryl methyl sites for hydroxylation is 1. The van der Waals surface area contributed by atoms with Crippen LogP contribution in [0.2, 0.25) is 0 Å². The zero-order valence-corrected chi connectivity index (χ0v) is 11.4. The smallest absolute Gasteiger partial charge is 0.0522 e. The Kier molecular flexibility index (Phi) is 3.15. The largest absolute Gasteiger partial charge is 0.327 e. The van der Waals surface area contributed by atoms with E-state index in [0.717, 1.165) is 6.42 Å². The number of aromatic nitrogens is 2. The lowest BCUT2D eigenvalue weighted by atomic mass is 9.59. The molecule has 3 nitrogen and oxygen atoms in total. The monoisotopic (exact) mass is 255 g/mol. The van der Waals surface area contributed by atoms with Crippen molar-refractivity contribution < 1.29 is 0 Å². The van der Waals surface area contributed by atoms with Crippen LogP contribution in [0.4, 0.5) is 0 Å². The van der Waals surface area contributed by atoms with Crippen LogP contribution in [0.15, 0.2) is 42.7 Å². The molecule has 2 N–H and O–H groups in total. The summed E-state index contributed by atoms with van der Waals surface area (Å²) in [6, 6.07) is 10.9. The van der Waals surface area contributed by atoms with Gasteiger partial charge >= 0.3 is 0 Å². The zero-order valence-electron chi connectivity index (χ0n) is 11.4. The minimum Gasteiger partial charge on any atom is -0.327 e. The quantitative estimate of drug-likeness (QED) is 0.911. The number of nitrogens with two attached hydrogens (primary N) is 1. The van der Waals surface area contributed by atoms with Gasteiger partial charge in [0.05, 0.1) is 6.20 Å². The molecule has 0 radical (unpaired) electrons. The Bertz CT molecular complexity index is 540. The predicted molar refractivity (Wildman–Crippen MR) is 76.9 cm³/mol. The van der Waals surface area contributed by atoms with Crippen LogP contribution in [0.3, 0.4) is 0 Å². The van der Waals surface area contributed by atoms with E-state index in [1.54, 1.807) is 0 Å². The summed E-state index contributed by atoms with van der Waals surface area (Å²) in [4.78, 5) is 0. The van der Waals surface area contributed by atoms with Crippen LogP contribution < -0.4 is 5.73 Å². The van der Waals surface area contributed by atoms with E-state index in [0.29, 0.717) is 0 Å². The van der Waals surface area contributed by atoms with Crippen LogP contribution in [0.1, 0.15) is 30.4 Å². The maximum Gasteiger partial charge on any atom is 0.0522 e. The molecule has 1 unspecified atom stereocenters. The molecule has 1 saturated carbocycles. The van der Waals surface area contributed by atoms with E-state index in [1.165, 1.54) is 30.4 Å². The fraction of sp³-hybridized carbons (Fsp3) is 0.438. The van der Waals surface area contributed by atoms with Gasteiger partial charge in [0.1, 0.15) is 0 Å². The third-order valence-electron chi connectivity index (χ3n) is 4.52. The van der Waals surface area contributed by atoms with Gasteiger partial charge in [-0.1, -0.05) is 36.8 Å². The zero-order chi connectivity index (χ0) is 13.3. The van der Waals surface area contributed by atoms with Crippen LogP contribution in [-0.4, -0.2) is 15.8 Å². The van der Waals surface area contributed by atoms with Crippen molar-refractivity contribution >= 4 is 0 Å². The highest BCUT2D eigenvalue weighted by molar-refractivity contribution is 5.31. The molecule has 0 aliphatic heterocycles. The number of hydrogen-bond acceptors (Lipinski definition) is 2. The van der Waals surface area contributed by atoms with Gasteiger partial charge in [0.25, 0.3) is 0 Å². The molecular weight excluding hydrogens is 234 g/mol. The number of hydrogen-bond donors (Lipinski definition) is 1. The van der Waals surface area contributed by atoms with E-state index < -0.39 is 0 Å². The van der Waals surface area contributed by atoms with Crippen LogP contribution in [0, 0.1) is 0 Å². The molecule has 100 valence electrons. The Hall–Kier alpha value is -1.61. The van der Waals surface area contributed by atoms with E-state index in [4.69, 9.17) is 5.73 Å². The molecule has 2 aromatic rings. The first-order valence-corrected chi connectivity index (χ1v) is 6.99. The topological polar surface area (TPSA) is 43.8 Å². The fourth-order valence-corrected chi connectivity index (χ4v) is 3.23. The molecule has 0 spiro atoms. The predicted octanol–water partition coefficient (Wildman–Crippen LogP) is 2.41. The third-order valence-corrected chi connectivity index (χ3v) is 4.52. The summed E-state index contributed by atoms with van der Waals surface area (Å²) in [7, 11) is 1.95. The maximum absolute atomic E-state index is 6.55. The standard InChI is InChI=1S/C16H21N3/c1-19-12-13(11-18-19)10-15(17)16(8-5-9-16)14-6-3-2-4-7-14/h2-4,6-7,11-12,15H,5,8-10,17H2,1H3. The van der Waals surface area contributed by atoms with Gasteiger partial charge < -0.3 is 5.73 Å². The van der Waals surface area contributed by atoms with E-state index >= 15 is 0 Å². The van der Waals surface area contributed by atoms with Crippen LogP contribution in [-0.2, 0) is 18.9 Å². The lowest BCUT2D eigenvalue weighted by molar-refractivity contribution is 0.194. The van der Waals surface area contributed by atoms with Crippen molar-refractivity contribution in [2.24, 2.45) is 12.8 Å². The van der Waals surface area contributed by atoms with E-state index in [9.17, 15) is 0 Å². The average molecular weight is 255 g/mol. The van der Waals surface area contributed by atoms with Crippen LogP contribution in [0.25, 0.3) is 0 Å². The normalized spacial score (nSPS) is 18.8. The molecule has 1 aliphatic carbocycles. The molecule has 19 heavy (non-hydrogen) atoms. The molecule has 1 aromatic carbocycles. The molecular formula is C16H21N3. The second-order valence-electron chi connectivity index (χ2n) is 5.71. The molecule has 1 atom stereocenters. The first kappa shape index (κ1) is 12.4. The lowest BCUT2D eigenvalue weighted by Crippen LogP contribution is -2.51. The van der Waals surface area contributed by atoms with Gasteiger partial charge in [-0.05, 0) is 30.4 Å². The molecule has 0 amide bonds. The summed E-state index contributed by atoms with van der Waals surface area (Å²) in [6.45, 7) is 0. The highest BCUT2D eigenvalue weighted by Crippen LogP contribution is 2.46. The summed E-state index contributed by atoms with van der Waals surface area (Å²) < 4.78 is 1.85. The van der Waals surface area contributed by atoms with E-state index in [1.807, 2.05) is 17.9 Å². The molecule has 1 heterocycles. The molecule has 1 aromatic heterocycles. The van der Waals surface area contributed by atoms with Crippen LogP contribution >= 0.6 is 0 Å². The number of nitrogens with zero attached hydrogens (tertiary/aromatic N) is 2. The molecule has 3 rings (SSSR count). The van der Waals surface area contributed by atoms with Crippen molar-refractivity contribution in [3.05, 3.63) is 53.9 Å². The summed E-state index contributed by atoms with van der Waals surface area (Å²) in [5, 5.41) is 4.23. The first-order valence-electron chi connectivity index (χ1n) is 6.99. The number of benzene rings is 1. The SMILES string of the molecule is Cn1cc(CC(N)C2(c3ccccc3)CCC2)cn1. The summed E-state index contributed by atoms with van der Waals surface area (Å²) in [5.41, 5.74) is 9.36. The van der Waals surface area contributed by atoms with Crippen LogP contribution in [0.5, 0.6) is 0 Å². The summed E-state index contributed by atoms with van der Waals surface area (Å²) >= 11 is 0. The minimum atomic E-state index is 0.174. The van der Waals surface area contributed by atoms with Gasteiger partial charge in [-0.25, -0.2) is 0 Å². The van der Waals surface area contributed by atoms with Gasteiger partial charge in [0.15, 0.2) is 0 Å². The average Bonchev–Trinajstić information content (AvgIpc) is 2.75. The Balaban J connectivity index is 1.82. The summed E-state index contributed by atoms with van der Waals surface area (Å²) in [6.07, 6.45) is 8.60. The maximum atomic E-state index is 6.55. The van der Waals surface area contributed by atoms with Gasteiger partial charge in [-0.15, -0.1) is 0 Å². The second-order valence-corrected chi connectivity index (χ2v) is 5.71. The Morgan fingerprint density at radius 2 is 2.05 bits per heavy atom. The Morgan fingerprint density at radius 3 is 2.58 bits per heavy atom. The highest BCUT2D eigenvalue weighted by Gasteiger charge is 2.43.